The molecule has 0 atom stereocenters. The van der Waals surface area contributed by atoms with Gasteiger partial charge in [0, 0.05) is 19.4 Å². The van der Waals surface area contributed by atoms with Crippen LogP contribution in [0.5, 0.6) is 0 Å². The van der Waals surface area contributed by atoms with Gasteiger partial charge in [0.15, 0.2) is 11.5 Å². The molecule has 1 amide bonds. The van der Waals surface area contributed by atoms with Crippen LogP contribution in [0.3, 0.4) is 0 Å². The molecule has 2 rings (SSSR count). The van der Waals surface area contributed by atoms with Gasteiger partial charge in [0.05, 0.1) is 0 Å². The molecule has 0 saturated heterocycles. The lowest BCUT2D eigenvalue weighted by Gasteiger charge is -2.03. The molecule has 0 aliphatic carbocycles. The third-order valence-electron chi connectivity index (χ3n) is 3.68. The van der Waals surface area contributed by atoms with E-state index in [1.807, 2.05) is 25.1 Å². The van der Waals surface area contributed by atoms with Crippen molar-refractivity contribution in [1.29, 1.82) is 0 Å². The number of benzene rings is 1. The van der Waals surface area contributed by atoms with Crippen molar-refractivity contribution >= 4 is 29.4 Å². The highest BCUT2D eigenvalue weighted by molar-refractivity contribution is 5.85. The molecule has 0 radical (unpaired) electrons. The third-order valence-corrected chi connectivity index (χ3v) is 3.68. The molecule has 0 bridgehead atoms. The Kier molecular flexibility index (Phi) is 8.66. The first kappa shape index (κ1) is 19.5. The van der Waals surface area contributed by atoms with Crippen LogP contribution in [0.25, 0.3) is 11.1 Å². The van der Waals surface area contributed by atoms with Crippen LogP contribution < -0.4 is 11.1 Å². The number of oxazole rings is 1. The van der Waals surface area contributed by atoms with Gasteiger partial charge >= 0.3 is 0 Å². The summed E-state index contributed by atoms with van der Waals surface area (Å²) < 4.78 is 5.68. The highest BCUT2D eigenvalue weighted by atomic mass is 35.5. The first-order valence-electron chi connectivity index (χ1n) is 8.02. The Balaban J connectivity index is 0.00000264. The van der Waals surface area contributed by atoms with E-state index < -0.39 is 0 Å². The first-order valence-corrected chi connectivity index (χ1v) is 8.02. The van der Waals surface area contributed by atoms with Crippen LogP contribution in [0, 0.1) is 6.92 Å². The number of nitrogens with zero attached hydrogens (tertiary/aromatic N) is 1. The molecule has 0 saturated carbocycles. The molecule has 0 unspecified atom stereocenters. The minimum Gasteiger partial charge on any atom is -0.441 e. The van der Waals surface area contributed by atoms with Crippen molar-refractivity contribution in [2.45, 2.75) is 45.4 Å². The molecule has 23 heavy (non-hydrogen) atoms. The summed E-state index contributed by atoms with van der Waals surface area (Å²) >= 11 is 0. The number of aryl methyl sites for hydroxylation is 1. The van der Waals surface area contributed by atoms with Gasteiger partial charge in [-0.2, -0.15) is 0 Å². The fourth-order valence-corrected chi connectivity index (χ4v) is 2.42. The number of carbonyl (C=O) groups is 1. The largest absolute Gasteiger partial charge is 0.441 e. The van der Waals surface area contributed by atoms with Crippen molar-refractivity contribution in [3.63, 3.8) is 0 Å². The Labute approximate surface area is 143 Å². The number of rotatable bonds is 9. The van der Waals surface area contributed by atoms with Crippen LogP contribution in [0.15, 0.2) is 22.6 Å². The lowest BCUT2D eigenvalue weighted by atomic mass is 10.1. The van der Waals surface area contributed by atoms with Gasteiger partial charge in [0.2, 0.25) is 5.91 Å². The molecule has 1 aromatic carbocycles. The second kappa shape index (κ2) is 10.2. The van der Waals surface area contributed by atoms with E-state index in [4.69, 9.17) is 10.2 Å². The number of carbonyl (C=O) groups excluding carboxylic acids is 1. The summed E-state index contributed by atoms with van der Waals surface area (Å²) in [7, 11) is 0. The fraction of sp³-hybridized carbons (Fsp3) is 0.529. The van der Waals surface area contributed by atoms with Crippen molar-refractivity contribution in [2.75, 3.05) is 13.1 Å². The van der Waals surface area contributed by atoms with Crippen molar-refractivity contribution in [3.05, 3.63) is 29.7 Å². The molecule has 0 aliphatic rings. The minimum absolute atomic E-state index is 0. The maximum absolute atomic E-state index is 11.7. The maximum atomic E-state index is 11.7. The third kappa shape index (κ3) is 6.20. The average molecular weight is 340 g/mol. The summed E-state index contributed by atoms with van der Waals surface area (Å²) in [4.78, 5) is 16.2. The smallest absolute Gasteiger partial charge is 0.220 e. The lowest BCUT2D eigenvalue weighted by molar-refractivity contribution is -0.121. The SMILES string of the molecule is Cc1cccc2oc(CCNC(=O)CCCCCCN)nc12.Cl. The molecular formula is C17H26ClN3O2. The van der Waals surface area contributed by atoms with Crippen molar-refractivity contribution in [3.8, 4) is 0 Å². The van der Waals surface area contributed by atoms with Crippen LogP contribution in [-0.2, 0) is 11.2 Å². The first-order chi connectivity index (χ1) is 10.7. The highest BCUT2D eigenvalue weighted by Crippen LogP contribution is 2.18. The Morgan fingerprint density at radius 2 is 2.04 bits per heavy atom. The average Bonchev–Trinajstić information content (AvgIpc) is 2.91. The number of fused-ring (bicyclic) bond motifs is 1. The molecule has 1 heterocycles. The number of hydrogen-bond donors (Lipinski definition) is 2. The van der Waals surface area contributed by atoms with Gasteiger partial charge < -0.3 is 15.5 Å². The zero-order valence-electron chi connectivity index (χ0n) is 13.6. The second-order valence-corrected chi connectivity index (χ2v) is 5.58. The van der Waals surface area contributed by atoms with Crippen LogP contribution in [0.2, 0.25) is 0 Å². The monoisotopic (exact) mass is 339 g/mol. The molecule has 2 aromatic rings. The van der Waals surface area contributed by atoms with Crippen molar-refractivity contribution in [2.24, 2.45) is 5.73 Å². The Bertz CT molecular complexity index is 613. The van der Waals surface area contributed by atoms with E-state index in [2.05, 4.69) is 10.3 Å². The summed E-state index contributed by atoms with van der Waals surface area (Å²) in [5.41, 5.74) is 8.25. The van der Waals surface area contributed by atoms with Crippen LogP contribution in [-0.4, -0.2) is 24.0 Å². The summed E-state index contributed by atoms with van der Waals surface area (Å²) in [6.45, 7) is 3.31. The fourth-order valence-electron chi connectivity index (χ4n) is 2.42. The maximum Gasteiger partial charge on any atom is 0.220 e. The van der Waals surface area contributed by atoms with Gasteiger partial charge in [0.1, 0.15) is 5.52 Å². The van der Waals surface area contributed by atoms with E-state index in [0.29, 0.717) is 25.3 Å². The van der Waals surface area contributed by atoms with Crippen molar-refractivity contribution in [1.82, 2.24) is 10.3 Å². The number of nitrogens with one attached hydrogen (secondary N) is 1. The standard InChI is InChI=1S/C17H25N3O2.ClH/c1-13-7-6-8-14-17(13)20-16(22-14)10-12-19-15(21)9-4-2-3-5-11-18;/h6-8H,2-5,9-12,18H2,1H3,(H,19,21);1H. The van der Waals surface area contributed by atoms with E-state index in [-0.39, 0.29) is 18.3 Å². The second-order valence-electron chi connectivity index (χ2n) is 5.58. The Hall–Kier alpha value is -1.59. The Morgan fingerprint density at radius 3 is 2.78 bits per heavy atom. The summed E-state index contributed by atoms with van der Waals surface area (Å²) in [5.74, 6) is 0.771. The van der Waals surface area contributed by atoms with Gasteiger partial charge in [-0.25, -0.2) is 4.98 Å². The quantitative estimate of drug-likeness (QED) is 0.688. The van der Waals surface area contributed by atoms with Gasteiger partial charge in [-0.1, -0.05) is 25.0 Å². The highest BCUT2D eigenvalue weighted by Gasteiger charge is 2.08. The van der Waals surface area contributed by atoms with Gasteiger partial charge in [-0.05, 0) is 37.9 Å². The zero-order valence-corrected chi connectivity index (χ0v) is 14.5. The van der Waals surface area contributed by atoms with E-state index in [1.54, 1.807) is 0 Å². The topological polar surface area (TPSA) is 81.2 Å². The van der Waals surface area contributed by atoms with Crippen LogP contribution in [0.1, 0.15) is 43.6 Å². The predicted octanol–water partition coefficient (Wildman–Crippen LogP) is 3.13. The van der Waals surface area contributed by atoms with E-state index in [9.17, 15) is 4.79 Å². The minimum atomic E-state index is 0. The van der Waals surface area contributed by atoms with Crippen molar-refractivity contribution < 1.29 is 9.21 Å². The van der Waals surface area contributed by atoms with Gasteiger partial charge in [0.25, 0.3) is 0 Å². The predicted molar refractivity (Wildman–Crippen MR) is 94.8 cm³/mol. The van der Waals surface area contributed by atoms with Crippen LogP contribution >= 0.6 is 12.4 Å². The number of amides is 1. The number of nitrogens with two attached hydrogens (primary N) is 1. The molecule has 128 valence electrons. The molecule has 3 N–H and O–H groups in total. The number of aromatic nitrogens is 1. The molecule has 1 aromatic heterocycles. The van der Waals surface area contributed by atoms with Gasteiger partial charge in [-0.3, -0.25) is 4.79 Å². The van der Waals surface area contributed by atoms with E-state index >= 15 is 0 Å². The summed E-state index contributed by atoms with van der Waals surface area (Å²) in [6.07, 6.45) is 5.33. The number of para-hydroxylation sites is 1. The molecule has 6 heteroatoms. The summed E-state index contributed by atoms with van der Waals surface area (Å²) in [5, 5.41) is 2.92. The normalized spacial score (nSPS) is 10.5. The number of unbranched alkanes of at least 4 members (excludes halogenated alkanes) is 3. The molecule has 0 fully saturated rings. The number of halogens is 1. The van der Waals surface area contributed by atoms with E-state index in [1.165, 1.54) is 0 Å². The summed E-state index contributed by atoms with van der Waals surface area (Å²) in [6, 6.07) is 5.89. The van der Waals surface area contributed by atoms with E-state index in [0.717, 1.165) is 48.9 Å². The molecule has 5 nitrogen and oxygen atoms in total. The lowest BCUT2D eigenvalue weighted by Crippen LogP contribution is -2.25. The Morgan fingerprint density at radius 1 is 1.26 bits per heavy atom. The van der Waals surface area contributed by atoms with Crippen LogP contribution in [0.4, 0.5) is 0 Å². The number of hydrogen-bond acceptors (Lipinski definition) is 4. The zero-order chi connectivity index (χ0) is 15.8. The molecule has 0 aliphatic heterocycles. The van der Waals surface area contributed by atoms with Gasteiger partial charge in [-0.15, -0.1) is 12.4 Å². The molecular weight excluding hydrogens is 314 g/mol. The molecule has 0 spiro atoms.